The van der Waals surface area contributed by atoms with E-state index in [9.17, 15) is 9.59 Å². The molecule has 0 bridgehead atoms. The maximum Gasteiger partial charge on any atom is 0.335 e. The first-order chi connectivity index (χ1) is 12.6. The van der Waals surface area contributed by atoms with Crippen LogP contribution in [0.1, 0.15) is 33.6 Å². The molecule has 0 aromatic heterocycles. The number of methoxy groups -OCH3 is 1. The van der Waals surface area contributed by atoms with Gasteiger partial charge in [0.25, 0.3) is 5.91 Å². The summed E-state index contributed by atoms with van der Waals surface area (Å²) in [5.41, 5.74) is 1.72. The summed E-state index contributed by atoms with van der Waals surface area (Å²) >= 11 is 0. The second-order valence-corrected chi connectivity index (χ2v) is 6.29. The maximum absolute atomic E-state index is 12.4. The van der Waals surface area contributed by atoms with Crippen molar-refractivity contribution in [2.75, 3.05) is 25.1 Å². The monoisotopic (exact) mass is 354 g/mol. The van der Waals surface area contributed by atoms with E-state index < -0.39 is 5.97 Å². The van der Waals surface area contributed by atoms with Crippen LogP contribution in [0, 0.1) is 0 Å². The number of carbonyl (C=O) groups is 2. The smallest absolute Gasteiger partial charge is 0.335 e. The quantitative estimate of drug-likeness (QED) is 0.863. The Balaban J connectivity index is 1.56. The molecule has 0 aliphatic carbocycles. The van der Waals surface area contributed by atoms with Crippen molar-refractivity contribution in [3.63, 3.8) is 0 Å². The van der Waals surface area contributed by atoms with Crippen molar-refractivity contribution in [3.05, 3.63) is 59.7 Å². The fourth-order valence-corrected chi connectivity index (χ4v) is 3.19. The van der Waals surface area contributed by atoms with Gasteiger partial charge in [-0.15, -0.1) is 0 Å². The highest BCUT2D eigenvalue weighted by Crippen LogP contribution is 2.29. The number of benzene rings is 2. The highest BCUT2D eigenvalue weighted by molar-refractivity contribution is 5.96. The Bertz CT molecular complexity index is 781. The van der Waals surface area contributed by atoms with Gasteiger partial charge in [-0.25, -0.2) is 4.79 Å². The van der Waals surface area contributed by atoms with Gasteiger partial charge in [-0.3, -0.25) is 4.79 Å². The van der Waals surface area contributed by atoms with Crippen molar-refractivity contribution in [1.29, 1.82) is 0 Å². The van der Waals surface area contributed by atoms with Gasteiger partial charge >= 0.3 is 5.97 Å². The minimum atomic E-state index is -0.999. The molecule has 6 heteroatoms. The molecule has 2 N–H and O–H groups in total. The third-order valence-electron chi connectivity index (χ3n) is 4.65. The van der Waals surface area contributed by atoms with E-state index in [4.69, 9.17) is 9.84 Å². The van der Waals surface area contributed by atoms with Crippen molar-refractivity contribution >= 4 is 17.6 Å². The van der Waals surface area contributed by atoms with Gasteiger partial charge in [0.1, 0.15) is 5.75 Å². The minimum Gasteiger partial charge on any atom is -0.495 e. The van der Waals surface area contributed by atoms with Gasteiger partial charge in [-0.2, -0.15) is 0 Å². The molecular formula is C20H22N2O4. The van der Waals surface area contributed by atoms with Gasteiger partial charge in [-0.1, -0.05) is 12.1 Å². The van der Waals surface area contributed by atoms with Gasteiger partial charge in [0.2, 0.25) is 0 Å². The molecule has 0 saturated carbocycles. The summed E-state index contributed by atoms with van der Waals surface area (Å²) in [7, 11) is 1.67. The van der Waals surface area contributed by atoms with E-state index in [1.54, 1.807) is 19.2 Å². The van der Waals surface area contributed by atoms with Gasteiger partial charge in [0.15, 0.2) is 0 Å². The summed E-state index contributed by atoms with van der Waals surface area (Å²) in [4.78, 5) is 25.5. The number of nitrogens with one attached hydrogen (secondary N) is 1. The van der Waals surface area contributed by atoms with Crippen molar-refractivity contribution < 1.29 is 19.4 Å². The van der Waals surface area contributed by atoms with Crippen LogP contribution in [0.3, 0.4) is 0 Å². The molecule has 0 atom stereocenters. The molecule has 0 spiro atoms. The summed E-state index contributed by atoms with van der Waals surface area (Å²) in [5.74, 6) is -0.313. The number of carboxylic acid groups (broad SMARTS) is 1. The Morgan fingerprint density at radius 3 is 2.27 bits per heavy atom. The fourth-order valence-electron chi connectivity index (χ4n) is 3.19. The van der Waals surface area contributed by atoms with Crippen LogP contribution >= 0.6 is 0 Å². The minimum absolute atomic E-state index is 0.104. The molecule has 0 unspecified atom stereocenters. The van der Waals surface area contributed by atoms with Crippen LogP contribution in [0.25, 0.3) is 0 Å². The molecule has 1 aliphatic heterocycles. The van der Waals surface area contributed by atoms with Gasteiger partial charge in [0.05, 0.1) is 18.4 Å². The molecule has 0 radical (unpaired) electrons. The van der Waals surface area contributed by atoms with Crippen LogP contribution < -0.4 is 15.0 Å². The number of ether oxygens (including phenoxy) is 1. The maximum atomic E-state index is 12.4. The van der Waals surface area contributed by atoms with E-state index in [1.807, 2.05) is 24.3 Å². The first-order valence-corrected chi connectivity index (χ1v) is 8.60. The molecule has 1 heterocycles. The van der Waals surface area contributed by atoms with Crippen LogP contribution in [0.5, 0.6) is 5.75 Å². The number of anilines is 1. The van der Waals surface area contributed by atoms with Gasteiger partial charge < -0.3 is 20.1 Å². The zero-order chi connectivity index (χ0) is 18.5. The van der Waals surface area contributed by atoms with Crippen molar-refractivity contribution in [2.24, 2.45) is 0 Å². The lowest BCUT2D eigenvalue weighted by Gasteiger charge is -2.34. The molecule has 1 fully saturated rings. The average Bonchev–Trinajstić information content (AvgIpc) is 2.68. The Labute approximate surface area is 152 Å². The third kappa shape index (κ3) is 3.96. The normalized spacial score (nSPS) is 14.7. The van der Waals surface area contributed by atoms with E-state index in [0.717, 1.165) is 37.4 Å². The topological polar surface area (TPSA) is 78.9 Å². The van der Waals surface area contributed by atoms with E-state index >= 15 is 0 Å². The summed E-state index contributed by atoms with van der Waals surface area (Å²) in [6.45, 7) is 1.67. The van der Waals surface area contributed by atoms with Gasteiger partial charge in [-0.05, 0) is 49.2 Å². The lowest BCUT2D eigenvalue weighted by molar-refractivity contribution is 0.0696. The summed E-state index contributed by atoms with van der Waals surface area (Å²) in [6, 6.07) is 14.0. The van der Waals surface area contributed by atoms with Crippen LogP contribution in [0.2, 0.25) is 0 Å². The molecule has 136 valence electrons. The molecule has 6 nitrogen and oxygen atoms in total. The Morgan fingerprint density at radius 1 is 1.04 bits per heavy atom. The summed E-state index contributed by atoms with van der Waals surface area (Å²) in [5, 5.41) is 12.0. The van der Waals surface area contributed by atoms with Crippen molar-refractivity contribution in [1.82, 2.24) is 5.32 Å². The number of carbonyl (C=O) groups excluding carboxylic acids is 1. The highest BCUT2D eigenvalue weighted by Gasteiger charge is 2.23. The molecular weight excluding hydrogens is 332 g/mol. The third-order valence-corrected chi connectivity index (χ3v) is 4.65. The van der Waals surface area contributed by atoms with E-state index in [2.05, 4.69) is 10.2 Å². The Morgan fingerprint density at radius 2 is 1.65 bits per heavy atom. The van der Waals surface area contributed by atoms with E-state index in [0.29, 0.717) is 5.56 Å². The largest absolute Gasteiger partial charge is 0.495 e. The zero-order valence-corrected chi connectivity index (χ0v) is 14.6. The molecule has 3 rings (SSSR count). The number of hydrogen-bond donors (Lipinski definition) is 2. The SMILES string of the molecule is COc1ccccc1N1CCC(NC(=O)c2ccc(C(=O)O)cc2)CC1. The standard InChI is InChI=1S/C20H22N2O4/c1-26-18-5-3-2-4-17(18)22-12-10-16(11-13-22)21-19(23)14-6-8-15(9-7-14)20(24)25/h2-9,16H,10-13H2,1H3,(H,21,23)(H,24,25). The second kappa shape index (κ2) is 7.91. The molecule has 1 aliphatic rings. The number of hydrogen-bond acceptors (Lipinski definition) is 4. The fraction of sp³-hybridized carbons (Fsp3) is 0.300. The van der Waals surface area contributed by atoms with Crippen LogP contribution in [-0.2, 0) is 0 Å². The number of piperidine rings is 1. The number of nitrogens with zero attached hydrogens (tertiary/aromatic N) is 1. The second-order valence-electron chi connectivity index (χ2n) is 6.29. The summed E-state index contributed by atoms with van der Waals surface area (Å²) < 4.78 is 5.42. The number of carboxylic acids is 1. The van der Waals surface area contributed by atoms with Crippen molar-refractivity contribution in [3.8, 4) is 5.75 Å². The molecule has 2 aromatic rings. The first-order valence-electron chi connectivity index (χ1n) is 8.60. The highest BCUT2D eigenvalue weighted by atomic mass is 16.5. The van der Waals surface area contributed by atoms with Crippen molar-refractivity contribution in [2.45, 2.75) is 18.9 Å². The predicted molar refractivity (Wildman–Crippen MR) is 99.1 cm³/mol. The van der Waals surface area contributed by atoms with Crippen LogP contribution in [0.4, 0.5) is 5.69 Å². The Hall–Kier alpha value is -3.02. The lowest BCUT2D eigenvalue weighted by atomic mass is 10.0. The zero-order valence-electron chi connectivity index (χ0n) is 14.6. The molecule has 1 amide bonds. The molecule has 26 heavy (non-hydrogen) atoms. The number of amides is 1. The number of para-hydroxylation sites is 2. The van der Waals surface area contributed by atoms with Crippen LogP contribution in [-0.4, -0.2) is 43.2 Å². The number of aromatic carboxylic acids is 1. The Kier molecular flexibility index (Phi) is 5.41. The molecule has 1 saturated heterocycles. The van der Waals surface area contributed by atoms with Crippen LogP contribution in [0.15, 0.2) is 48.5 Å². The van der Waals surface area contributed by atoms with E-state index in [-0.39, 0.29) is 17.5 Å². The average molecular weight is 354 g/mol. The summed E-state index contributed by atoms with van der Waals surface area (Å²) in [6.07, 6.45) is 1.69. The molecule has 2 aromatic carbocycles. The predicted octanol–water partition coefficient (Wildman–Crippen LogP) is 2.79. The van der Waals surface area contributed by atoms with Gasteiger partial charge in [0, 0.05) is 24.7 Å². The van der Waals surface area contributed by atoms with E-state index in [1.165, 1.54) is 12.1 Å². The first kappa shape index (κ1) is 17.8. The number of rotatable bonds is 5. The lowest BCUT2D eigenvalue weighted by Crippen LogP contribution is -2.44.